The molecule has 0 bridgehead atoms. The Morgan fingerprint density at radius 2 is 1.67 bits per heavy atom. The number of anilines is 1. The van der Waals surface area contributed by atoms with Gasteiger partial charge in [0.15, 0.2) is 0 Å². The average Bonchev–Trinajstić information content (AvgIpc) is 2.95. The molecule has 0 aliphatic heterocycles. The van der Waals surface area contributed by atoms with E-state index in [2.05, 4.69) is 32.9 Å². The van der Waals surface area contributed by atoms with Crippen molar-refractivity contribution < 1.29 is 32.5 Å². The molecule has 4 rings (SSSR count). The van der Waals surface area contributed by atoms with Gasteiger partial charge in [-0.05, 0) is 42.7 Å². The Morgan fingerprint density at radius 1 is 1.00 bits per heavy atom. The summed E-state index contributed by atoms with van der Waals surface area (Å²) in [4.78, 5) is 19.6. The molecule has 42 heavy (non-hydrogen) atoms. The molecular formula is C28H28F3N4O4P3. The number of hydrogen-bond donors (Lipinski definition) is 3. The highest BCUT2D eigenvalue weighted by Crippen LogP contribution is 2.48. The predicted molar refractivity (Wildman–Crippen MR) is 164 cm³/mol. The van der Waals surface area contributed by atoms with Crippen LogP contribution >= 0.6 is 25.3 Å². The Hall–Kier alpha value is -3.35. The molecule has 3 aromatic carbocycles. The maximum atomic E-state index is 14.2. The minimum Gasteiger partial charge on any atom is -0.497 e. The molecule has 220 valence electrons. The normalized spacial score (nSPS) is 13.0. The number of nitrogens with one attached hydrogen (secondary N) is 1. The summed E-state index contributed by atoms with van der Waals surface area (Å²) < 4.78 is 53.1. The summed E-state index contributed by atoms with van der Waals surface area (Å²) in [6, 6.07) is 20.4. The van der Waals surface area contributed by atoms with Crippen LogP contribution in [0.25, 0.3) is 22.4 Å². The number of alkyl halides is 3. The van der Waals surface area contributed by atoms with Crippen molar-refractivity contribution in [2.24, 2.45) is 0 Å². The predicted octanol–water partition coefficient (Wildman–Crippen LogP) is 6.65. The van der Waals surface area contributed by atoms with Crippen LogP contribution in [0.15, 0.2) is 78.9 Å². The van der Waals surface area contributed by atoms with Gasteiger partial charge in [-0.15, -0.1) is 0 Å². The second-order valence-corrected chi connectivity index (χ2v) is 15.4. The highest BCUT2D eigenvalue weighted by Gasteiger charge is 2.43. The number of aliphatic carboxylic acids is 1. The second kappa shape index (κ2) is 13.7. The molecule has 0 radical (unpaired) electrons. The van der Waals surface area contributed by atoms with Crippen LogP contribution in [0.1, 0.15) is 17.2 Å². The van der Waals surface area contributed by atoms with Crippen molar-refractivity contribution in [2.45, 2.75) is 24.7 Å². The molecular weight excluding hydrogens is 606 g/mol. The number of hydrogen-bond acceptors (Lipinski definition) is 7. The van der Waals surface area contributed by atoms with Crippen molar-refractivity contribution >= 4 is 37.2 Å². The Kier molecular flexibility index (Phi) is 10.3. The van der Waals surface area contributed by atoms with Gasteiger partial charge in [-0.3, -0.25) is 9.88 Å². The number of aromatic nitrogens is 2. The SMILES string of the molecule is COc1cccc(-c2ccc([C@@H](Oc3cc(-c4ccc(C[C@H](NP(P)P)C(=O)O)cc4)nc(N)n3)C(F)(F)F)cc2)c1. The number of nitrogens with two attached hydrogens (primary N) is 1. The first-order valence-electron chi connectivity index (χ1n) is 12.4. The Morgan fingerprint density at radius 3 is 2.26 bits per heavy atom. The Labute approximate surface area is 246 Å². The van der Waals surface area contributed by atoms with Gasteiger partial charge in [0.25, 0.3) is 0 Å². The van der Waals surface area contributed by atoms with Crippen molar-refractivity contribution in [3.05, 3.63) is 90.0 Å². The molecule has 14 heteroatoms. The van der Waals surface area contributed by atoms with Crippen LogP contribution in [0, 0.1) is 0 Å². The maximum absolute atomic E-state index is 14.2. The van der Waals surface area contributed by atoms with Crippen LogP contribution in [-0.2, 0) is 11.2 Å². The molecule has 0 saturated heterocycles. The first-order valence-corrected chi connectivity index (χ1v) is 17.0. The summed E-state index contributed by atoms with van der Waals surface area (Å²) >= 11 is 0. The van der Waals surface area contributed by atoms with E-state index in [0.29, 0.717) is 16.9 Å². The molecule has 0 aliphatic rings. The summed E-state index contributed by atoms with van der Waals surface area (Å²) in [5, 5.41) is 12.5. The molecule has 1 aromatic heterocycles. The zero-order chi connectivity index (χ0) is 30.4. The third-order valence-electron chi connectivity index (χ3n) is 6.16. The molecule has 0 saturated carbocycles. The minimum atomic E-state index is -4.75. The fourth-order valence-electron chi connectivity index (χ4n) is 4.16. The second-order valence-electron chi connectivity index (χ2n) is 9.17. The highest BCUT2D eigenvalue weighted by molar-refractivity contribution is 8.42. The lowest BCUT2D eigenvalue weighted by Gasteiger charge is -2.22. The van der Waals surface area contributed by atoms with E-state index in [1.807, 2.05) is 6.07 Å². The Balaban J connectivity index is 1.56. The molecule has 2 unspecified atom stereocenters. The topological polar surface area (TPSA) is 120 Å². The van der Waals surface area contributed by atoms with Crippen molar-refractivity contribution in [3.63, 3.8) is 0 Å². The zero-order valence-corrected chi connectivity index (χ0v) is 25.5. The third-order valence-corrected chi connectivity index (χ3v) is 7.67. The lowest BCUT2D eigenvalue weighted by molar-refractivity contribution is -0.198. The fourth-order valence-corrected chi connectivity index (χ4v) is 5.81. The van der Waals surface area contributed by atoms with Crippen LogP contribution in [0.2, 0.25) is 0 Å². The number of nitrogens with zero attached hydrogens (tertiary/aromatic N) is 2. The molecule has 4 atom stereocenters. The molecule has 0 fully saturated rings. The molecule has 0 aliphatic carbocycles. The van der Waals surface area contributed by atoms with E-state index in [4.69, 9.17) is 15.2 Å². The Bertz CT molecular complexity index is 1520. The average molecular weight is 634 g/mol. The number of rotatable bonds is 11. The van der Waals surface area contributed by atoms with E-state index >= 15 is 0 Å². The number of carboxylic acid groups (broad SMARTS) is 1. The summed E-state index contributed by atoms with van der Waals surface area (Å²) in [7, 11) is 5.79. The molecule has 8 nitrogen and oxygen atoms in total. The van der Waals surface area contributed by atoms with Crippen LogP contribution in [0.3, 0.4) is 0 Å². The van der Waals surface area contributed by atoms with Crippen LogP contribution in [0.5, 0.6) is 11.6 Å². The number of benzene rings is 3. The molecule has 1 heterocycles. The number of ether oxygens (including phenoxy) is 2. The van der Waals surface area contributed by atoms with Crippen molar-refractivity contribution in [3.8, 4) is 34.0 Å². The zero-order valence-electron chi connectivity index (χ0n) is 22.2. The lowest BCUT2D eigenvalue weighted by Crippen LogP contribution is -2.33. The molecule has 4 aromatic rings. The fraction of sp³-hybridized carbons (Fsp3) is 0.179. The van der Waals surface area contributed by atoms with Gasteiger partial charge in [-0.25, -0.2) is 4.98 Å². The molecule has 4 N–H and O–H groups in total. The van der Waals surface area contributed by atoms with E-state index < -0.39 is 31.7 Å². The van der Waals surface area contributed by atoms with Gasteiger partial charge in [0.1, 0.15) is 11.8 Å². The monoisotopic (exact) mass is 634 g/mol. The van der Waals surface area contributed by atoms with Gasteiger partial charge in [0.2, 0.25) is 17.9 Å². The lowest BCUT2D eigenvalue weighted by atomic mass is 10.0. The first-order chi connectivity index (χ1) is 19.9. The van der Waals surface area contributed by atoms with Gasteiger partial charge < -0.3 is 20.3 Å². The van der Waals surface area contributed by atoms with Gasteiger partial charge in [-0.1, -0.05) is 78.5 Å². The number of carbonyl (C=O) groups is 1. The van der Waals surface area contributed by atoms with E-state index in [1.165, 1.54) is 25.3 Å². The smallest absolute Gasteiger partial charge is 0.429 e. The van der Waals surface area contributed by atoms with Crippen molar-refractivity contribution in [1.82, 2.24) is 15.1 Å². The van der Waals surface area contributed by atoms with Crippen molar-refractivity contribution in [1.29, 1.82) is 0 Å². The summed E-state index contributed by atoms with van der Waals surface area (Å²) in [5.74, 6) is -0.946. The van der Waals surface area contributed by atoms with Crippen LogP contribution in [-0.4, -0.2) is 40.4 Å². The first kappa shape index (κ1) is 31.6. The summed E-state index contributed by atoms with van der Waals surface area (Å²) in [6.07, 6.45) is -6.82. The molecule has 0 amide bonds. The largest absolute Gasteiger partial charge is 0.497 e. The van der Waals surface area contributed by atoms with E-state index in [9.17, 15) is 23.1 Å². The van der Waals surface area contributed by atoms with Crippen molar-refractivity contribution in [2.75, 3.05) is 12.8 Å². The number of carboxylic acids is 1. The minimum absolute atomic E-state index is 0.113. The van der Waals surface area contributed by atoms with Gasteiger partial charge in [-0.2, -0.15) is 18.2 Å². The quantitative estimate of drug-likeness (QED) is 0.157. The van der Waals surface area contributed by atoms with Crippen LogP contribution < -0.4 is 20.3 Å². The summed E-state index contributed by atoms with van der Waals surface area (Å²) in [5.41, 5.74) is 8.77. The number of nitrogen functional groups attached to an aromatic ring is 1. The molecule has 0 spiro atoms. The van der Waals surface area contributed by atoms with E-state index in [-0.39, 0.29) is 29.5 Å². The number of methoxy groups -OCH3 is 1. The van der Waals surface area contributed by atoms with Gasteiger partial charge in [0, 0.05) is 17.2 Å². The number of halogens is 3. The highest BCUT2D eigenvalue weighted by atomic mass is 32.4. The standard InChI is InChI=1S/C28H28F3N4O4P3/c1-38-21-4-2-3-20(14-21)17-9-11-19(12-10-17)25(28(29,30)31)39-24-15-22(33-27(32)34-24)18-7-5-16(6-8-18)13-23(26(36)37)35-42(40)41/h2-12,14-15,23,25,35H,13,40-41H2,1H3,(H,36,37)(H2,32,33,34)/t23-,25+/m0/s1. The van der Waals surface area contributed by atoms with Gasteiger partial charge in [0.05, 0.1) is 12.8 Å². The van der Waals surface area contributed by atoms with Crippen LogP contribution in [0.4, 0.5) is 19.1 Å². The summed E-state index contributed by atoms with van der Waals surface area (Å²) in [6.45, 7) is 0. The van der Waals surface area contributed by atoms with E-state index in [1.54, 1.807) is 54.6 Å². The maximum Gasteiger partial charge on any atom is 0.429 e. The van der Waals surface area contributed by atoms with E-state index in [0.717, 1.165) is 11.1 Å². The van der Waals surface area contributed by atoms with Gasteiger partial charge >= 0.3 is 12.1 Å². The third kappa shape index (κ3) is 8.36.